The standard InChI is InChI=1S/C12H10N6.C12H8N6.C6H4N2.C2H4O2.HNO2.Na/c2*1-3-7-13-9(5-1)11-15-17-12(18-16-11)10-6-2-4-8-14-10;7-5-6-3-1-2-4-8-6;1-2(3)4;2-1-3;/h1-8H,(H,15,16)(H,17,18);1-8H;1-4H;1H3,(H,3,4);(H,2,3);/q;;;;;+1/p-1. The first-order chi connectivity index (χ1) is 24.9. The monoisotopic (exact) mass is 707 g/mol. The molecule has 0 atom stereocenters. The van der Waals surface area contributed by atoms with Gasteiger partial charge in [0.25, 0.3) is 5.97 Å². The molecule has 6 aromatic rings. The fraction of sp³-hybridized carbons (Fsp3) is 0.0312. The SMILES string of the molecule is CC(=O)O.N#Cc1ccccn1.O=N[O-].[Na+].c1ccc(-c2nnc(-c3ccccn3)nn2)nc1.c1ccc(C2=NNC(c3ccccn3)=NN2)nc1. The van der Waals surface area contributed by atoms with Gasteiger partial charge in [-0.05, 0) is 60.7 Å². The van der Waals surface area contributed by atoms with E-state index in [1.54, 1.807) is 61.3 Å². The van der Waals surface area contributed by atoms with Gasteiger partial charge in [-0.2, -0.15) is 15.5 Å². The van der Waals surface area contributed by atoms with Crippen molar-refractivity contribution in [2.24, 2.45) is 15.5 Å². The van der Waals surface area contributed by atoms with E-state index in [1.165, 1.54) is 0 Å². The van der Waals surface area contributed by atoms with Crippen LogP contribution in [-0.4, -0.2) is 68.1 Å². The van der Waals surface area contributed by atoms with Crippen molar-refractivity contribution in [3.8, 4) is 29.1 Å². The number of hydrogen-bond acceptors (Lipinski definition) is 18. The Morgan fingerprint density at radius 2 is 0.942 bits per heavy atom. The van der Waals surface area contributed by atoms with Gasteiger partial charge in [0.05, 0.1) is 0 Å². The van der Waals surface area contributed by atoms with Gasteiger partial charge in [0.2, 0.25) is 11.6 Å². The Labute approximate surface area is 318 Å². The molecule has 6 aromatic heterocycles. The molecule has 0 fully saturated rings. The first-order valence-corrected chi connectivity index (χ1v) is 14.3. The van der Waals surface area contributed by atoms with Crippen LogP contribution in [-0.2, 0) is 4.79 Å². The summed E-state index contributed by atoms with van der Waals surface area (Å²) >= 11 is 0. The molecule has 1 aliphatic rings. The van der Waals surface area contributed by atoms with Crippen LogP contribution in [0.4, 0.5) is 0 Å². The number of amidine groups is 2. The second-order valence-electron chi connectivity index (χ2n) is 8.97. The number of hydrogen-bond donors (Lipinski definition) is 3. The summed E-state index contributed by atoms with van der Waals surface area (Å²) in [5.74, 6) is 1.12. The molecule has 0 aliphatic carbocycles. The van der Waals surface area contributed by atoms with E-state index in [1.807, 2.05) is 66.7 Å². The van der Waals surface area contributed by atoms with Crippen LogP contribution >= 0.6 is 0 Å². The van der Waals surface area contributed by atoms with Gasteiger partial charge in [-0.15, -0.1) is 25.7 Å². The Kier molecular flexibility index (Phi) is 19.1. The number of nitriles is 1. The number of carboxylic acids is 1. The van der Waals surface area contributed by atoms with Gasteiger partial charge in [-0.3, -0.25) is 35.6 Å². The average Bonchev–Trinajstić information content (AvgIpc) is 3.20. The fourth-order valence-electron chi connectivity index (χ4n) is 3.36. The van der Waals surface area contributed by atoms with Crippen molar-refractivity contribution in [1.82, 2.24) is 56.2 Å². The Bertz CT molecular complexity index is 1890. The smallest absolute Gasteiger partial charge is 0.481 e. The van der Waals surface area contributed by atoms with Crippen LogP contribution in [0, 0.1) is 21.4 Å². The first kappa shape index (κ1) is 41.2. The number of pyridine rings is 5. The number of hydrazone groups is 2. The largest absolute Gasteiger partial charge is 1.00 e. The average molecular weight is 708 g/mol. The number of nitrogens with one attached hydrogen (secondary N) is 2. The van der Waals surface area contributed by atoms with Crippen LogP contribution in [0.5, 0.6) is 0 Å². The molecular weight excluding hydrogens is 681 g/mol. The number of nitrogens with zero attached hydrogens (tertiary/aromatic N) is 13. The van der Waals surface area contributed by atoms with E-state index < -0.39 is 5.97 Å². The molecule has 7 rings (SSSR count). The van der Waals surface area contributed by atoms with E-state index in [0.29, 0.717) is 40.4 Å². The molecule has 254 valence electrons. The topological polar surface area (TPSA) is 278 Å². The van der Waals surface area contributed by atoms with Gasteiger partial charge in [-0.25, -0.2) is 4.98 Å². The van der Waals surface area contributed by atoms with Crippen molar-refractivity contribution in [1.29, 1.82) is 5.26 Å². The quantitative estimate of drug-likeness (QED) is 0.127. The van der Waals surface area contributed by atoms with Crippen molar-refractivity contribution in [3.05, 3.63) is 149 Å². The van der Waals surface area contributed by atoms with E-state index >= 15 is 0 Å². The molecule has 0 bridgehead atoms. The van der Waals surface area contributed by atoms with Gasteiger partial charge in [0.15, 0.2) is 11.7 Å². The maximum Gasteiger partial charge on any atom is 1.00 e. The van der Waals surface area contributed by atoms with Crippen LogP contribution in [0.1, 0.15) is 24.0 Å². The summed E-state index contributed by atoms with van der Waals surface area (Å²) in [4.78, 5) is 37.4. The molecule has 20 heteroatoms. The van der Waals surface area contributed by atoms with Crippen molar-refractivity contribution in [2.75, 3.05) is 0 Å². The molecule has 52 heavy (non-hydrogen) atoms. The van der Waals surface area contributed by atoms with Crippen molar-refractivity contribution in [2.45, 2.75) is 6.92 Å². The van der Waals surface area contributed by atoms with Crippen LogP contribution < -0.4 is 40.4 Å². The summed E-state index contributed by atoms with van der Waals surface area (Å²) in [5, 5.41) is 49.0. The molecule has 0 amide bonds. The minimum Gasteiger partial charge on any atom is -0.481 e. The van der Waals surface area contributed by atoms with Gasteiger partial charge >= 0.3 is 29.6 Å². The molecule has 7 heterocycles. The van der Waals surface area contributed by atoms with Gasteiger partial charge in [-0.1, -0.05) is 30.3 Å². The zero-order valence-electron chi connectivity index (χ0n) is 27.5. The van der Waals surface area contributed by atoms with Gasteiger partial charge in [0, 0.05) is 37.9 Å². The molecule has 0 unspecified atom stereocenters. The predicted molar refractivity (Wildman–Crippen MR) is 183 cm³/mol. The van der Waals surface area contributed by atoms with Crippen molar-refractivity contribution < 1.29 is 39.5 Å². The second kappa shape index (κ2) is 24.2. The summed E-state index contributed by atoms with van der Waals surface area (Å²) in [6.45, 7) is 1.08. The summed E-state index contributed by atoms with van der Waals surface area (Å²) in [6.07, 6.45) is 8.35. The number of aliphatic carboxylic acids is 1. The molecule has 3 N–H and O–H groups in total. The molecule has 0 radical (unpaired) electrons. The minimum absolute atomic E-state index is 0. The molecule has 0 saturated heterocycles. The van der Waals surface area contributed by atoms with E-state index in [-0.39, 0.29) is 29.6 Å². The third-order valence-corrected chi connectivity index (χ3v) is 5.41. The Hall–Kier alpha value is -7.01. The predicted octanol–water partition coefficient (Wildman–Crippen LogP) is 0.382. The Morgan fingerprint density at radius 3 is 1.17 bits per heavy atom. The fourth-order valence-corrected chi connectivity index (χ4v) is 3.36. The summed E-state index contributed by atoms with van der Waals surface area (Å²) < 4.78 is 0. The Morgan fingerprint density at radius 1 is 0.635 bits per heavy atom. The molecule has 0 saturated carbocycles. The normalized spacial score (nSPS) is 10.3. The zero-order chi connectivity index (χ0) is 36.5. The van der Waals surface area contributed by atoms with Crippen molar-refractivity contribution >= 4 is 17.6 Å². The van der Waals surface area contributed by atoms with Crippen LogP contribution in [0.2, 0.25) is 0 Å². The molecule has 19 nitrogen and oxygen atoms in total. The first-order valence-electron chi connectivity index (χ1n) is 14.3. The number of carbonyl (C=O) groups is 1. The molecule has 1 aliphatic heterocycles. The summed E-state index contributed by atoms with van der Waals surface area (Å²) in [6, 6.07) is 29.3. The third kappa shape index (κ3) is 15.0. The molecule has 0 spiro atoms. The van der Waals surface area contributed by atoms with Crippen LogP contribution in [0.15, 0.2) is 138 Å². The minimum atomic E-state index is -0.833. The summed E-state index contributed by atoms with van der Waals surface area (Å²) in [7, 11) is 0. The van der Waals surface area contributed by atoms with E-state index in [0.717, 1.165) is 23.7 Å². The van der Waals surface area contributed by atoms with Gasteiger partial charge < -0.3 is 15.2 Å². The number of carboxylic acid groups (broad SMARTS) is 1. The third-order valence-electron chi connectivity index (χ3n) is 5.41. The van der Waals surface area contributed by atoms with Crippen LogP contribution in [0.25, 0.3) is 23.0 Å². The zero-order valence-corrected chi connectivity index (χ0v) is 29.5. The Balaban J connectivity index is 0.000000258. The second-order valence-corrected chi connectivity index (χ2v) is 8.97. The number of aromatic nitrogens is 9. The van der Waals surface area contributed by atoms with Crippen molar-refractivity contribution in [3.63, 3.8) is 0 Å². The maximum atomic E-state index is 9.00. The maximum absolute atomic E-state index is 9.00. The molecule has 0 aromatic carbocycles. The van der Waals surface area contributed by atoms with E-state index in [9.17, 15) is 0 Å². The van der Waals surface area contributed by atoms with Gasteiger partial charge in [0.1, 0.15) is 34.5 Å². The summed E-state index contributed by atoms with van der Waals surface area (Å²) in [5.41, 5.74) is 8.93. The molecular formula is C32H26N15NaO4. The van der Waals surface area contributed by atoms with E-state index in [4.69, 9.17) is 25.3 Å². The number of rotatable bonds is 4. The van der Waals surface area contributed by atoms with Crippen LogP contribution in [0.3, 0.4) is 0 Å². The van der Waals surface area contributed by atoms with E-state index in [2.05, 4.69) is 66.4 Å².